The lowest BCUT2D eigenvalue weighted by atomic mass is 9.97. The number of amides is 1. The van der Waals surface area contributed by atoms with Crippen molar-refractivity contribution in [3.63, 3.8) is 0 Å². The number of benzene rings is 2. The summed E-state index contributed by atoms with van der Waals surface area (Å²) in [7, 11) is 1.64. The molecule has 1 aliphatic heterocycles. The number of ether oxygens (including phenoxy) is 2. The summed E-state index contributed by atoms with van der Waals surface area (Å²) in [5.74, 6) is 0.444. The summed E-state index contributed by atoms with van der Waals surface area (Å²) in [6.07, 6.45) is 0.784. The number of hydrogen-bond acceptors (Lipinski definition) is 3. The molecule has 0 fully saturated rings. The van der Waals surface area contributed by atoms with Gasteiger partial charge >= 0.3 is 0 Å². The van der Waals surface area contributed by atoms with Gasteiger partial charge in [-0.1, -0.05) is 12.1 Å². The first-order valence-corrected chi connectivity index (χ1v) is 8.38. The van der Waals surface area contributed by atoms with E-state index in [0.29, 0.717) is 31.1 Å². The van der Waals surface area contributed by atoms with E-state index in [9.17, 15) is 9.18 Å². The molecule has 1 aliphatic rings. The van der Waals surface area contributed by atoms with Gasteiger partial charge in [-0.2, -0.15) is 0 Å². The number of nitrogens with zero attached hydrogens (tertiary/aromatic N) is 1. The zero-order valence-electron chi connectivity index (χ0n) is 14.5. The predicted molar refractivity (Wildman–Crippen MR) is 93.3 cm³/mol. The molecule has 2 aromatic carbocycles. The second-order valence-electron chi connectivity index (χ2n) is 6.29. The number of halogens is 1. The first kappa shape index (κ1) is 17.4. The van der Waals surface area contributed by atoms with Crippen molar-refractivity contribution in [2.24, 2.45) is 0 Å². The summed E-state index contributed by atoms with van der Waals surface area (Å²) < 4.78 is 24.1. The molecular formula is C20H22FNO3. The molecular weight excluding hydrogens is 321 g/mol. The molecule has 5 heteroatoms. The minimum atomic E-state index is -0.276. The lowest BCUT2D eigenvalue weighted by Crippen LogP contribution is -2.45. The maximum Gasteiger partial charge on any atom is 0.254 e. The van der Waals surface area contributed by atoms with E-state index >= 15 is 0 Å². The van der Waals surface area contributed by atoms with Crippen LogP contribution < -0.4 is 4.74 Å². The third-order valence-electron chi connectivity index (χ3n) is 4.42. The zero-order valence-corrected chi connectivity index (χ0v) is 14.5. The molecule has 0 aliphatic carbocycles. The van der Waals surface area contributed by atoms with Crippen molar-refractivity contribution in [2.45, 2.75) is 26.0 Å². The number of carbonyl (C=O) groups is 1. The monoisotopic (exact) mass is 343 g/mol. The Balaban J connectivity index is 1.70. The van der Waals surface area contributed by atoms with Crippen LogP contribution in [0.2, 0.25) is 0 Å². The Morgan fingerprint density at radius 2 is 2.08 bits per heavy atom. The van der Waals surface area contributed by atoms with Crippen LogP contribution in [-0.2, 0) is 17.8 Å². The van der Waals surface area contributed by atoms with Crippen molar-refractivity contribution in [2.75, 3.05) is 20.3 Å². The van der Waals surface area contributed by atoms with Crippen LogP contribution in [0.5, 0.6) is 5.75 Å². The van der Waals surface area contributed by atoms with Crippen LogP contribution in [0.1, 0.15) is 28.4 Å². The van der Waals surface area contributed by atoms with Gasteiger partial charge in [0.2, 0.25) is 0 Å². The number of fused-ring (bicyclic) bond motifs is 1. The molecule has 25 heavy (non-hydrogen) atoms. The fraction of sp³-hybridized carbons (Fsp3) is 0.350. The second-order valence-corrected chi connectivity index (χ2v) is 6.29. The van der Waals surface area contributed by atoms with E-state index in [-0.39, 0.29) is 17.8 Å². The number of hydrogen-bond donors (Lipinski definition) is 0. The van der Waals surface area contributed by atoms with Gasteiger partial charge in [0.15, 0.2) is 0 Å². The maximum atomic E-state index is 13.2. The van der Waals surface area contributed by atoms with E-state index in [1.54, 1.807) is 19.2 Å². The Hall–Kier alpha value is -2.40. The van der Waals surface area contributed by atoms with Gasteiger partial charge < -0.3 is 14.4 Å². The first-order valence-electron chi connectivity index (χ1n) is 8.38. The molecule has 1 heterocycles. The molecule has 0 spiro atoms. The largest absolute Gasteiger partial charge is 0.489 e. The van der Waals surface area contributed by atoms with Gasteiger partial charge in [-0.25, -0.2) is 4.39 Å². The Bertz CT molecular complexity index is 762. The van der Waals surface area contributed by atoms with E-state index < -0.39 is 0 Å². The summed E-state index contributed by atoms with van der Waals surface area (Å²) >= 11 is 0. The highest BCUT2D eigenvalue weighted by atomic mass is 19.1. The highest BCUT2D eigenvalue weighted by Crippen LogP contribution is 2.25. The van der Waals surface area contributed by atoms with E-state index in [2.05, 4.69) is 0 Å². The molecule has 4 nitrogen and oxygen atoms in total. The lowest BCUT2D eigenvalue weighted by molar-refractivity contribution is 0.0545. The Kier molecular flexibility index (Phi) is 5.34. The first-order chi connectivity index (χ1) is 12.1. The van der Waals surface area contributed by atoms with Crippen LogP contribution in [-0.4, -0.2) is 37.1 Å². The molecule has 0 bridgehead atoms. The zero-order chi connectivity index (χ0) is 17.8. The van der Waals surface area contributed by atoms with Gasteiger partial charge in [0.1, 0.15) is 18.2 Å². The minimum absolute atomic E-state index is 0.0301. The van der Waals surface area contributed by atoms with Crippen molar-refractivity contribution < 1.29 is 18.7 Å². The minimum Gasteiger partial charge on any atom is -0.489 e. The quantitative estimate of drug-likeness (QED) is 0.806. The van der Waals surface area contributed by atoms with Crippen molar-refractivity contribution in [1.29, 1.82) is 0 Å². The standard InChI is InChI=1S/C20H22FNO3/c1-14(12-24-2)22-9-8-16-11-18(6-7-19(16)20(22)23)25-13-15-4-3-5-17(21)10-15/h3-7,10-11,14H,8-9,12-13H2,1-2H3. The van der Waals surface area contributed by atoms with Crippen molar-refractivity contribution in [3.8, 4) is 5.75 Å². The number of carbonyl (C=O) groups excluding carboxylic acids is 1. The molecule has 1 atom stereocenters. The van der Waals surface area contributed by atoms with Crippen LogP contribution in [0.25, 0.3) is 0 Å². The highest BCUT2D eigenvalue weighted by Gasteiger charge is 2.28. The SMILES string of the molecule is COCC(C)N1CCc2cc(OCc3cccc(F)c3)ccc2C1=O. The van der Waals surface area contributed by atoms with Gasteiger partial charge in [-0.05, 0) is 54.8 Å². The van der Waals surface area contributed by atoms with Crippen molar-refractivity contribution in [3.05, 3.63) is 65.0 Å². The van der Waals surface area contributed by atoms with Crippen LogP contribution >= 0.6 is 0 Å². The van der Waals surface area contributed by atoms with E-state index in [1.807, 2.05) is 30.0 Å². The van der Waals surface area contributed by atoms with E-state index in [4.69, 9.17) is 9.47 Å². The fourth-order valence-corrected chi connectivity index (χ4v) is 3.12. The third-order valence-corrected chi connectivity index (χ3v) is 4.42. The van der Waals surface area contributed by atoms with Gasteiger partial charge in [-0.15, -0.1) is 0 Å². The predicted octanol–water partition coefficient (Wildman–Crippen LogP) is 3.44. The highest BCUT2D eigenvalue weighted by molar-refractivity contribution is 5.97. The summed E-state index contributed by atoms with van der Waals surface area (Å²) in [6, 6.07) is 11.9. The van der Waals surface area contributed by atoms with E-state index in [1.165, 1.54) is 12.1 Å². The van der Waals surface area contributed by atoms with Gasteiger partial charge in [-0.3, -0.25) is 4.79 Å². The Morgan fingerprint density at radius 1 is 1.24 bits per heavy atom. The molecule has 1 amide bonds. The van der Waals surface area contributed by atoms with Gasteiger partial charge in [0, 0.05) is 19.2 Å². The summed E-state index contributed by atoms with van der Waals surface area (Å²) in [4.78, 5) is 14.5. The molecule has 0 N–H and O–H groups in total. The van der Waals surface area contributed by atoms with Crippen LogP contribution in [0.3, 0.4) is 0 Å². The molecule has 2 aromatic rings. The van der Waals surface area contributed by atoms with Gasteiger partial charge in [0.05, 0.1) is 12.6 Å². The summed E-state index contributed by atoms with van der Waals surface area (Å²) in [5.41, 5.74) is 2.48. The number of methoxy groups -OCH3 is 1. The third kappa shape index (κ3) is 3.99. The lowest BCUT2D eigenvalue weighted by Gasteiger charge is -2.33. The average Bonchev–Trinajstić information content (AvgIpc) is 2.60. The molecule has 0 saturated heterocycles. The fourth-order valence-electron chi connectivity index (χ4n) is 3.12. The van der Waals surface area contributed by atoms with Gasteiger partial charge in [0.25, 0.3) is 5.91 Å². The molecule has 132 valence electrons. The maximum absolute atomic E-state index is 13.2. The molecule has 0 saturated carbocycles. The molecule has 1 unspecified atom stereocenters. The van der Waals surface area contributed by atoms with Crippen molar-refractivity contribution in [1.82, 2.24) is 4.90 Å². The normalized spacial score (nSPS) is 15.0. The molecule has 3 rings (SSSR count). The second kappa shape index (κ2) is 7.66. The summed E-state index contributed by atoms with van der Waals surface area (Å²) in [5, 5.41) is 0. The Labute approximate surface area is 147 Å². The van der Waals surface area contributed by atoms with E-state index in [0.717, 1.165) is 17.5 Å². The summed E-state index contributed by atoms with van der Waals surface area (Å²) in [6.45, 7) is 3.48. The van der Waals surface area contributed by atoms with Crippen LogP contribution in [0, 0.1) is 5.82 Å². The molecule has 0 radical (unpaired) electrons. The molecule has 0 aromatic heterocycles. The average molecular weight is 343 g/mol. The van der Waals surface area contributed by atoms with Crippen LogP contribution in [0.15, 0.2) is 42.5 Å². The smallest absolute Gasteiger partial charge is 0.254 e. The van der Waals surface area contributed by atoms with Crippen molar-refractivity contribution >= 4 is 5.91 Å². The topological polar surface area (TPSA) is 38.8 Å². The number of rotatable bonds is 6. The van der Waals surface area contributed by atoms with Crippen LogP contribution in [0.4, 0.5) is 4.39 Å². The Morgan fingerprint density at radius 3 is 2.84 bits per heavy atom.